The summed E-state index contributed by atoms with van der Waals surface area (Å²) in [5.41, 5.74) is 1.03. The first kappa shape index (κ1) is 15.2. The zero-order chi connectivity index (χ0) is 15.3. The minimum atomic E-state index is -3.30. The Morgan fingerprint density at radius 1 is 1.19 bits per heavy atom. The van der Waals surface area contributed by atoms with E-state index in [-0.39, 0.29) is 12.3 Å². The molecule has 7 heteroatoms. The summed E-state index contributed by atoms with van der Waals surface area (Å²) in [6, 6.07) is 8.43. The van der Waals surface area contributed by atoms with Crippen LogP contribution in [0.4, 0.5) is 5.82 Å². The molecule has 6 nitrogen and oxygen atoms in total. The average Bonchev–Trinajstić information content (AvgIpc) is 2.48. The quantitative estimate of drug-likeness (QED) is 0.874. The van der Waals surface area contributed by atoms with Crippen molar-refractivity contribution in [3.63, 3.8) is 0 Å². The lowest BCUT2D eigenvalue weighted by Crippen LogP contribution is -2.16. The molecule has 2 rings (SSSR count). The van der Waals surface area contributed by atoms with Crippen molar-refractivity contribution in [1.82, 2.24) is 9.97 Å². The summed E-state index contributed by atoms with van der Waals surface area (Å²) in [4.78, 5) is 8.20. The summed E-state index contributed by atoms with van der Waals surface area (Å²) in [7, 11) is -1.79. The smallest absolute Gasteiger partial charge is 0.218 e. The summed E-state index contributed by atoms with van der Waals surface area (Å²) in [6.45, 7) is 2.18. The van der Waals surface area contributed by atoms with Gasteiger partial charge in [0.25, 0.3) is 0 Å². The fourth-order valence-corrected chi connectivity index (χ4v) is 2.88. The third-order valence-electron chi connectivity index (χ3n) is 2.91. The van der Waals surface area contributed by atoms with Crippen LogP contribution in [0, 0.1) is 6.92 Å². The number of nitrogens with zero attached hydrogens (tertiary/aromatic N) is 2. The van der Waals surface area contributed by atoms with Gasteiger partial charge in [-0.1, -0.05) is 17.7 Å². The van der Waals surface area contributed by atoms with E-state index in [9.17, 15) is 8.42 Å². The largest absolute Gasteiger partial charge is 0.481 e. The first-order valence-electron chi connectivity index (χ1n) is 6.40. The predicted octanol–water partition coefficient (Wildman–Crippen LogP) is 1.68. The Kier molecular flexibility index (Phi) is 4.74. The molecule has 0 fully saturated rings. The van der Waals surface area contributed by atoms with Gasteiger partial charge in [-0.05, 0) is 19.1 Å². The fraction of sp³-hybridized carbons (Fsp3) is 0.286. The van der Waals surface area contributed by atoms with Gasteiger partial charge in [-0.25, -0.2) is 18.4 Å². The monoisotopic (exact) mass is 307 g/mol. The molecular formula is C14H17N3O3S. The highest BCUT2D eigenvalue weighted by atomic mass is 32.2. The second-order valence-corrected chi connectivity index (χ2v) is 6.61. The summed E-state index contributed by atoms with van der Waals surface area (Å²) in [5.74, 6) is 0.942. The van der Waals surface area contributed by atoms with E-state index in [4.69, 9.17) is 4.74 Å². The maximum Gasteiger partial charge on any atom is 0.218 e. The van der Waals surface area contributed by atoms with Crippen molar-refractivity contribution >= 4 is 15.7 Å². The first-order chi connectivity index (χ1) is 10.0. The molecule has 0 radical (unpaired) electrons. The number of hydrogen-bond acceptors (Lipinski definition) is 6. The maximum absolute atomic E-state index is 12.2. The first-order valence-corrected chi connectivity index (χ1v) is 8.06. The fourth-order valence-electron chi connectivity index (χ4n) is 1.72. The van der Waals surface area contributed by atoms with Gasteiger partial charge in [0.1, 0.15) is 12.1 Å². The molecule has 0 atom stereocenters. The van der Waals surface area contributed by atoms with E-state index in [0.717, 1.165) is 5.56 Å². The van der Waals surface area contributed by atoms with Crippen LogP contribution in [0.2, 0.25) is 0 Å². The molecule has 1 aromatic carbocycles. The molecule has 0 amide bonds. The molecule has 0 bridgehead atoms. The summed E-state index contributed by atoms with van der Waals surface area (Å²) >= 11 is 0. The van der Waals surface area contributed by atoms with Crippen LogP contribution >= 0.6 is 0 Å². The molecule has 0 aliphatic carbocycles. The molecule has 112 valence electrons. The van der Waals surface area contributed by atoms with Crippen molar-refractivity contribution in [2.24, 2.45) is 0 Å². The van der Waals surface area contributed by atoms with Crippen molar-refractivity contribution in [2.45, 2.75) is 11.8 Å². The lowest BCUT2D eigenvalue weighted by Gasteiger charge is -2.07. The molecule has 1 aromatic heterocycles. The predicted molar refractivity (Wildman–Crippen MR) is 80.3 cm³/mol. The van der Waals surface area contributed by atoms with Gasteiger partial charge in [-0.15, -0.1) is 0 Å². The zero-order valence-electron chi connectivity index (χ0n) is 11.9. The molecule has 0 saturated carbocycles. The zero-order valence-corrected chi connectivity index (χ0v) is 12.7. The van der Waals surface area contributed by atoms with Crippen LogP contribution in [-0.2, 0) is 9.84 Å². The Hall–Kier alpha value is -2.15. The highest BCUT2D eigenvalue weighted by molar-refractivity contribution is 7.91. The molecule has 1 heterocycles. The van der Waals surface area contributed by atoms with Crippen LogP contribution in [0.15, 0.2) is 41.6 Å². The van der Waals surface area contributed by atoms with Gasteiger partial charge >= 0.3 is 0 Å². The van der Waals surface area contributed by atoms with E-state index >= 15 is 0 Å². The van der Waals surface area contributed by atoms with Crippen LogP contribution in [0.3, 0.4) is 0 Å². The van der Waals surface area contributed by atoms with E-state index < -0.39 is 9.84 Å². The van der Waals surface area contributed by atoms with Gasteiger partial charge in [-0.3, -0.25) is 0 Å². The number of benzene rings is 1. The van der Waals surface area contributed by atoms with E-state index in [2.05, 4.69) is 15.3 Å². The van der Waals surface area contributed by atoms with Gasteiger partial charge < -0.3 is 10.1 Å². The van der Waals surface area contributed by atoms with Crippen molar-refractivity contribution in [1.29, 1.82) is 0 Å². The van der Waals surface area contributed by atoms with Gasteiger partial charge in [0.05, 0.1) is 17.8 Å². The maximum atomic E-state index is 12.2. The highest BCUT2D eigenvalue weighted by Gasteiger charge is 2.13. The minimum Gasteiger partial charge on any atom is -0.481 e. The van der Waals surface area contributed by atoms with Gasteiger partial charge in [0, 0.05) is 12.6 Å². The number of methoxy groups -OCH3 is 1. The lowest BCUT2D eigenvalue weighted by molar-refractivity contribution is 0.397. The van der Waals surface area contributed by atoms with Crippen molar-refractivity contribution < 1.29 is 13.2 Å². The van der Waals surface area contributed by atoms with E-state index in [1.807, 2.05) is 6.92 Å². The number of anilines is 1. The number of aromatic nitrogens is 2. The second kappa shape index (κ2) is 6.53. The molecule has 0 unspecified atom stereocenters. The van der Waals surface area contributed by atoms with Crippen LogP contribution < -0.4 is 10.1 Å². The van der Waals surface area contributed by atoms with Crippen molar-refractivity contribution in [3.05, 3.63) is 42.2 Å². The molecule has 0 spiro atoms. The summed E-state index contributed by atoms with van der Waals surface area (Å²) in [5, 5.41) is 2.95. The van der Waals surface area contributed by atoms with E-state index in [1.165, 1.54) is 13.4 Å². The molecule has 0 aliphatic heterocycles. The lowest BCUT2D eigenvalue weighted by atomic mass is 10.2. The molecular weight excluding hydrogens is 290 g/mol. The Morgan fingerprint density at radius 2 is 1.90 bits per heavy atom. The third kappa shape index (κ3) is 4.16. The number of rotatable bonds is 6. The Morgan fingerprint density at radius 3 is 2.57 bits per heavy atom. The average molecular weight is 307 g/mol. The molecule has 2 aromatic rings. The minimum absolute atomic E-state index is 0.0115. The Bertz CT molecular complexity index is 700. The van der Waals surface area contributed by atoms with Crippen LogP contribution in [0.1, 0.15) is 5.56 Å². The SMILES string of the molecule is COc1cc(NCCS(=O)(=O)c2ccc(C)cc2)ncn1. The van der Waals surface area contributed by atoms with Gasteiger partial charge in [0.2, 0.25) is 5.88 Å². The Labute approximate surface area is 124 Å². The van der Waals surface area contributed by atoms with Crippen LogP contribution in [0.5, 0.6) is 5.88 Å². The Balaban J connectivity index is 1.97. The number of aryl methyl sites for hydroxylation is 1. The summed E-state index contributed by atoms with van der Waals surface area (Å²) < 4.78 is 29.3. The van der Waals surface area contributed by atoms with E-state index in [0.29, 0.717) is 16.6 Å². The standard InChI is InChI=1S/C14H17N3O3S/c1-11-3-5-12(6-4-11)21(18,19)8-7-15-13-9-14(20-2)17-10-16-13/h3-6,9-10H,7-8H2,1-2H3,(H,15,16,17). The third-order valence-corrected chi connectivity index (χ3v) is 4.64. The topological polar surface area (TPSA) is 81.2 Å². The van der Waals surface area contributed by atoms with E-state index in [1.54, 1.807) is 30.3 Å². The second-order valence-electron chi connectivity index (χ2n) is 4.50. The van der Waals surface area contributed by atoms with Crippen LogP contribution in [0.25, 0.3) is 0 Å². The number of sulfone groups is 1. The highest BCUT2D eigenvalue weighted by Crippen LogP contribution is 2.13. The number of ether oxygens (including phenoxy) is 1. The molecule has 21 heavy (non-hydrogen) atoms. The van der Waals surface area contributed by atoms with Gasteiger partial charge in [0.15, 0.2) is 9.84 Å². The number of nitrogens with one attached hydrogen (secondary N) is 1. The van der Waals surface area contributed by atoms with Crippen molar-refractivity contribution in [3.8, 4) is 5.88 Å². The molecule has 0 saturated heterocycles. The molecule has 1 N–H and O–H groups in total. The number of hydrogen-bond donors (Lipinski definition) is 1. The normalized spacial score (nSPS) is 11.1. The van der Waals surface area contributed by atoms with Crippen LogP contribution in [-0.4, -0.2) is 37.8 Å². The van der Waals surface area contributed by atoms with Crippen molar-refractivity contribution in [2.75, 3.05) is 24.7 Å². The summed E-state index contributed by atoms with van der Waals surface area (Å²) in [6.07, 6.45) is 1.36. The molecule has 0 aliphatic rings. The van der Waals surface area contributed by atoms with Gasteiger partial charge in [-0.2, -0.15) is 0 Å².